The monoisotopic (exact) mass is 274 g/mol. The number of benzene rings is 1. The summed E-state index contributed by atoms with van der Waals surface area (Å²) in [6, 6.07) is 7.74. The molecule has 0 unspecified atom stereocenters. The smallest absolute Gasteiger partial charge is 0.227 e. The minimum atomic E-state index is 0.0422. The highest BCUT2D eigenvalue weighted by Gasteiger charge is 2.43. The average molecular weight is 274 g/mol. The highest BCUT2D eigenvalue weighted by atomic mass is 16.5. The minimum absolute atomic E-state index is 0.0422. The molecule has 2 heterocycles. The minimum Gasteiger partial charge on any atom is -0.497 e. The van der Waals surface area contributed by atoms with Crippen molar-refractivity contribution in [3.63, 3.8) is 0 Å². The van der Waals surface area contributed by atoms with Crippen molar-refractivity contribution in [3.8, 4) is 5.75 Å². The summed E-state index contributed by atoms with van der Waals surface area (Å²) < 4.78 is 5.17. The van der Waals surface area contributed by atoms with Crippen molar-refractivity contribution in [2.24, 2.45) is 0 Å². The first kappa shape index (κ1) is 13.0. The quantitative estimate of drug-likeness (QED) is 0.884. The van der Waals surface area contributed by atoms with E-state index in [4.69, 9.17) is 4.74 Å². The summed E-state index contributed by atoms with van der Waals surface area (Å²) in [6.07, 6.45) is 1.66. The molecule has 3 rings (SSSR count). The fraction of sp³-hybridized carbons (Fsp3) is 0.467. The van der Waals surface area contributed by atoms with Crippen LogP contribution in [0.25, 0.3) is 0 Å². The van der Waals surface area contributed by atoms with E-state index in [9.17, 15) is 9.59 Å². The summed E-state index contributed by atoms with van der Waals surface area (Å²) in [5.41, 5.74) is 0.940. The van der Waals surface area contributed by atoms with E-state index in [-0.39, 0.29) is 23.9 Å². The maximum Gasteiger partial charge on any atom is 0.227 e. The second-order valence-electron chi connectivity index (χ2n) is 5.35. The third kappa shape index (κ3) is 2.35. The Hall–Kier alpha value is -2.04. The molecule has 0 radical (unpaired) electrons. The number of hydrogen-bond donors (Lipinski definition) is 1. The number of likely N-dealkylation sites (tertiary alicyclic amines) is 1. The predicted molar refractivity (Wildman–Crippen MR) is 73.4 cm³/mol. The average Bonchev–Trinajstić information content (AvgIpc) is 2.97. The Morgan fingerprint density at radius 1 is 1.50 bits per heavy atom. The lowest BCUT2D eigenvalue weighted by Crippen LogP contribution is -2.39. The van der Waals surface area contributed by atoms with E-state index >= 15 is 0 Å². The fourth-order valence-corrected chi connectivity index (χ4v) is 3.10. The van der Waals surface area contributed by atoms with Gasteiger partial charge in [-0.3, -0.25) is 9.59 Å². The lowest BCUT2D eigenvalue weighted by atomic mass is 10.1. The van der Waals surface area contributed by atoms with Gasteiger partial charge < -0.3 is 15.0 Å². The second kappa shape index (κ2) is 5.15. The van der Waals surface area contributed by atoms with E-state index < -0.39 is 0 Å². The Morgan fingerprint density at radius 2 is 2.35 bits per heavy atom. The molecule has 0 aromatic heterocycles. The standard InChI is InChI=1S/C15H18N2O3/c1-20-11-4-2-3-10(7-11)8-15(19)17-6-5-12-13(17)9-14(18)16-12/h2-4,7,12-13H,5-6,8-9H2,1H3,(H,16,18)/t12-,13-/m1/s1. The van der Waals surface area contributed by atoms with Crippen molar-refractivity contribution in [2.45, 2.75) is 31.3 Å². The molecule has 5 nitrogen and oxygen atoms in total. The molecule has 1 aromatic rings. The van der Waals surface area contributed by atoms with Crippen LogP contribution >= 0.6 is 0 Å². The van der Waals surface area contributed by atoms with Gasteiger partial charge in [-0.15, -0.1) is 0 Å². The third-order valence-electron chi connectivity index (χ3n) is 4.10. The van der Waals surface area contributed by atoms with Gasteiger partial charge in [-0.25, -0.2) is 0 Å². The lowest BCUT2D eigenvalue weighted by molar-refractivity contribution is -0.131. The second-order valence-corrected chi connectivity index (χ2v) is 5.35. The van der Waals surface area contributed by atoms with Gasteiger partial charge in [-0.05, 0) is 24.1 Å². The van der Waals surface area contributed by atoms with E-state index in [2.05, 4.69) is 5.32 Å². The zero-order valence-electron chi connectivity index (χ0n) is 11.5. The molecule has 0 aliphatic carbocycles. The van der Waals surface area contributed by atoms with Crippen LogP contribution in [0.15, 0.2) is 24.3 Å². The van der Waals surface area contributed by atoms with Crippen molar-refractivity contribution in [1.82, 2.24) is 10.2 Å². The first-order valence-electron chi connectivity index (χ1n) is 6.89. The highest BCUT2D eigenvalue weighted by molar-refractivity contribution is 5.84. The van der Waals surface area contributed by atoms with Gasteiger partial charge in [0.25, 0.3) is 0 Å². The van der Waals surface area contributed by atoms with Gasteiger partial charge in [0.1, 0.15) is 5.75 Å². The molecular weight excluding hydrogens is 256 g/mol. The molecule has 20 heavy (non-hydrogen) atoms. The molecule has 2 fully saturated rings. The Morgan fingerprint density at radius 3 is 3.15 bits per heavy atom. The summed E-state index contributed by atoms with van der Waals surface area (Å²) in [6.45, 7) is 0.735. The van der Waals surface area contributed by atoms with Crippen molar-refractivity contribution >= 4 is 11.8 Å². The number of fused-ring (bicyclic) bond motifs is 1. The SMILES string of the molecule is COc1cccc(CC(=O)N2CC[C@H]3NC(=O)C[C@H]32)c1. The van der Waals surface area contributed by atoms with Crippen LogP contribution in [0.1, 0.15) is 18.4 Å². The number of rotatable bonds is 3. The van der Waals surface area contributed by atoms with Crippen LogP contribution < -0.4 is 10.1 Å². The van der Waals surface area contributed by atoms with Gasteiger partial charge in [-0.2, -0.15) is 0 Å². The topological polar surface area (TPSA) is 58.6 Å². The molecule has 1 N–H and O–H groups in total. The highest BCUT2D eigenvalue weighted by Crippen LogP contribution is 2.26. The van der Waals surface area contributed by atoms with Crippen molar-refractivity contribution in [1.29, 1.82) is 0 Å². The molecule has 2 aliphatic rings. The molecule has 2 atom stereocenters. The van der Waals surface area contributed by atoms with Crippen LogP contribution in [0.4, 0.5) is 0 Å². The van der Waals surface area contributed by atoms with Gasteiger partial charge in [0.05, 0.1) is 25.6 Å². The van der Waals surface area contributed by atoms with E-state index in [1.807, 2.05) is 29.2 Å². The van der Waals surface area contributed by atoms with E-state index in [0.29, 0.717) is 12.8 Å². The number of methoxy groups -OCH3 is 1. The summed E-state index contributed by atoms with van der Waals surface area (Å²) in [5.74, 6) is 0.897. The number of nitrogens with zero attached hydrogens (tertiary/aromatic N) is 1. The number of amides is 2. The van der Waals surface area contributed by atoms with Crippen LogP contribution in [-0.4, -0.2) is 42.5 Å². The molecule has 5 heteroatoms. The zero-order valence-corrected chi connectivity index (χ0v) is 11.5. The van der Waals surface area contributed by atoms with Crippen molar-refractivity contribution in [2.75, 3.05) is 13.7 Å². The number of ether oxygens (including phenoxy) is 1. The molecular formula is C15H18N2O3. The maximum absolute atomic E-state index is 12.4. The molecule has 2 amide bonds. The maximum atomic E-state index is 12.4. The van der Waals surface area contributed by atoms with Gasteiger partial charge in [-0.1, -0.05) is 12.1 Å². The largest absolute Gasteiger partial charge is 0.497 e. The Balaban J connectivity index is 1.68. The van der Waals surface area contributed by atoms with E-state index in [0.717, 1.165) is 24.3 Å². The molecule has 1 aromatic carbocycles. The van der Waals surface area contributed by atoms with Crippen LogP contribution in [0.3, 0.4) is 0 Å². The van der Waals surface area contributed by atoms with Crippen LogP contribution in [0.2, 0.25) is 0 Å². The molecule has 2 saturated heterocycles. The molecule has 0 bridgehead atoms. The van der Waals surface area contributed by atoms with Crippen LogP contribution in [-0.2, 0) is 16.0 Å². The normalized spacial score (nSPS) is 24.4. The summed E-state index contributed by atoms with van der Waals surface area (Å²) in [7, 11) is 1.61. The van der Waals surface area contributed by atoms with Gasteiger partial charge in [0, 0.05) is 13.0 Å². The summed E-state index contributed by atoms with van der Waals surface area (Å²) in [5, 5.41) is 2.93. The Kier molecular flexibility index (Phi) is 3.34. The Bertz CT molecular complexity index is 544. The van der Waals surface area contributed by atoms with Crippen LogP contribution in [0.5, 0.6) is 5.75 Å². The lowest BCUT2D eigenvalue weighted by Gasteiger charge is -2.22. The summed E-state index contributed by atoms with van der Waals surface area (Å²) >= 11 is 0. The molecule has 2 aliphatic heterocycles. The third-order valence-corrected chi connectivity index (χ3v) is 4.10. The first-order valence-corrected chi connectivity index (χ1v) is 6.89. The van der Waals surface area contributed by atoms with E-state index in [1.54, 1.807) is 7.11 Å². The van der Waals surface area contributed by atoms with Crippen molar-refractivity contribution in [3.05, 3.63) is 29.8 Å². The number of carbonyl (C=O) groups is 2. The van der Waals surface area contributed by atoms with E-state index in [1.165, 1.54) is 0 Å². The zero-order chi connectivity index (χ0) is 14.1. The summed E-state index contributed by atoms with van der Waals surface area (Å²) in [4.78, 5) is 25.7. The molecule has 106 valence electrons. The number of carbonyl (C=O) groups excluding carboxylic acids is 2. The first-order chi connectivity index (χ1) is 9.67. The van der Waals surface area contributed by atoms with Gasteiger partial charge >= 0.3 is 0 Å². The van der Waals surface area contributed by atoms with Crippen molar-refractivity contribution < 1.29 is 14.3 Å². The van der Waals surface area contributed by atoms with Crippen LogP contribution in [0, 0.1) is 0 Å². The predicted octanol–water partition coefficient (Wildman–Crippen LogP) is 0.727. The number of hydrogen-bond acceptors (Lipinski definition) is 3. The fourth-order valence-electron chi connectivity index (χ4n) is 3.10. The van der Waals surface area contributed by atoms with Gasteiger partial charge in [0.2, 0.25) is 11.8 Å². The molecule has 0 spiro atoms. The van der Waals surface area contributed by atoms with Gasteiger partial charge in [0.15, 0.2) is 0 Å². The molecule has 0 saturated carbocycles. The number of nitrogens with one attached hydrogen (secondary N) is 1. The Labute approximate surface area is 117 Å².